The van der Waals surface area contributed by atoms with Crippen molar-refractivity contribution in [3.63, 3.8) is 0 Å². The second-order valence-electron chi connectivity index (χ2n) is 4.00. The van der Waals surface area contributed by atoms with E-state index in [1.807, 2.05) is 26.0 Å². The van der Waals surface area contributed by atoms with E-state index in [2.05, 4.69) is 9.97 Å². The number of aryl methyl sites for hydroxylation is 2. The highest BCUT2D eigenvalue weighted by Gasteiger charge is 2.08. The van der Waals surface area contributed by atoms with E-state index in [1.165, 1.54) is 17.8 Å². The Morgan fingerprint density at radius 2 is 1.83 bits per heavy atom. The molecule has 0 fully saturated rings. The first-order chi connectivity index (χ1) is 8.58. The minimum absolute atomic E-state index is 0.286. The third kappa shape index (κ3) is 3.05. The molecular formula is C13H14FN3S. The number of halogens is 1. The van der Waals surface area contributed by atoms with Crippen LogP contribution in [0.15, 0.2) is 34.3 Å². The van der Waals surface area contributed by atoms with Gasteiger partial charge in [0, 0.05) is 17.9 Å². The van der Waals surface area contributed by atoms with Crippen molar-refractivity contribution >= 4 is 11.8 Å². The molecule has 2 rings (SSSR count). The van der Waals surface area contributed by atoms with E-state index >= 15 is 0 Å². The lowest BCUT2D eigenvalue weighted by atomic mass is 10.2. The standard InChI is InChI=1S/C13H14FN3S/c1-8-5-9(2)17-13(16-8)18-12-4-3-10(7-15)6-11(12)14/h3-6H,7,15H2,1-2H3. The normalized spacial score (nSPS) is 10.7. The van der Waals surface area contributed by atoms with Gasteiger partial charge in [0.25, 0.3) is 0 Å². The summed E-state index contributed by atoms with van der Waals surface area (Å²) in [6.07, 6.45) is 0. The molecule has 2 N–H and O–H groups in total. The fraction of sp³-hybridized carbons (Fsp3) is 0.231. The van der Waals surface area contributed by atoms with Crippen LogP contribution >= 0.6 is 11.8 Å². The first-order valence-corrected chi connectivity index (χ1v) is 6.39. The molecule has 1 aromatic carbocycles. The van der Waals surface area contributed by atoms with Crippen molar-refractivity contribution in [2.75, 3.05) is 0 Å². The van der Waals surface area contributed by atoms with Gasteiger partial charge < -0.3 is 5.73 Å². The van der Waals surface area contributed by atoms with E-state index < -0.39 is 0 Å². The summed E-state index contributed by atoms with van der Waals surface area (Å²) in [6.45, 7) is 4.13. The summed E-state index contributed by atoms with van der Waals surface area (Å²) < 4.78 is 13.8. The van der Waals surface area contributed by atoms with Gasteiger partial charge in [0.1, 0.15) is 5.82 Å². The topological polar surface area (TPSA) is 51.8 Å². The Morgan fingerprint density at radius 1 is 1.17 bits per heavy atom. The lowest BCUT2D eigenvalue weighted by Crippen LogP contribution is -1.97. The summed E-state index contributed by atoms with van der Waals surface area (Å²) in [5, 5.41) is 0.562. The van der Waals surface area contributed by atoms with Crippen LogP contribution in [-0.4, -0.2) is 9.97 Å². The van der Waals surface area contributed by atoms with Crippen LogP contribution in [0.1, 0.15) is 17.0 Å². The molecule has 1 aromatic heterocycles. The third-order valence-corrected chi connectivity index (χ3v) is 3.31. The predicted octanol–water partition coefficient (Wildman–Crippen LogP) is 2.84. The highest BCUT2D eigenvalue weighted by atomic mass is 32.2. The maximum atomic E-state index is 13.8. The van der Waals surface area contributed by atoms with Crippen molar-refractivity contribution in [2.24, 2.45) is 5.73 Å². The second-order valence-corrected chi connectivity index (χ2v) is 5.01. The summed E-state index contributed by atoms with van der Waals surface area (Å²) >= 11 is 1.22. The van der Waals surface area contributed by atoms with Crippen LogP contribution in [0.5, 0.6) is 0 Å². The second kappa shape index (κ2) is 5.46. The van der Waals surface area contributed by atoms with Crippen LogP contribution in [0.25, 0.3) is 0 Å². The fourth-order valence-electron chi connectivity index (χ4n) is 1.59. The zero-order valence-electron chi connectivity index (χ0n) is 10.3. The summed E-state index contributed by atoms with van der Waals surface area (Å²) in [5.74, 6) is -0.286. The van der Waals surface area contributed by atoms with E-state index in [-0.39, 0.29) is 5.82 Å². The van der Waals surface area contributed by atoms with Gasteiger partial charge in [0.05, 0.1) is 4.90 Å². The number of nitrogens with zero attached hydrogens (tertiary/aromatic N) is 2. The van der Waals surface area contributed by atoms with Gasteiger partial charge in [-0.2, -0.15) is 0 Å². The molecule has 0 saturated carbocycles. The molecule has 5 heteroatoms. The molecule has 0 bridgehead atoms. The summed E-state index contributed by atoms with van der Waals surface area (Å²) in [6, 6.07) is 6.86. The van der Waals surface area contributed by atoms with Crippen molar-refractivity contribution < 1.29 is 4.39 Å². The lowest BCUT2D eigenvalue weighted by molar-refractivity contribution is 0.599. The number of nitrogens with two attached hydrogens (primary N) is 1. The molecular weight excluding hydrogens is 249 g/mol. The van der Waals surface area contributed by atoms with Crippen LogP contribution in [0.3, 0.4) is 0 Å². The molecule has 18 heavy (non-hydrogen) atoms. The number of hydrogen-bond acceptors (Lipinski definition) is 4. The maximum absolute atomic E-state index is 13.8. The van der Waals surface area contributed by atoms with Crippen LogP contribution in [0.2, 0.25) is 0 Å². The van der Waals surface area contributed by atoms with Gasteiger partial charge in [0.15, 0.2) is 5.16 Å². The quantitative estimate of drug-likeness (QED) is 0.865. The monoisotopic (exact) mass is 263 g/mol. The minimum Gasteiger partial charge on any atom is -0.326 e. The minimum atomic E-state index is -0.286. The molecule has 2 aromatic rings. The molecule has 0 aliphatic heterocycles. The molecule has 0 amide bonds. The zero-order chi connectivity index (χ0) is 13.1. The average molecular weight is 263 g/mol. The fourth-order valence-corrected chi connectivity index (χ4v) is 2.46. The largest absolute Gasteiger partial charge is 0.326 e. The molecule has 0 aliphatic carbocycles. The number of aromatic nitrogens is 2. The molecule has 0 aliphatic rings. The molecule has 94 valence electrons. The highest BCUT2D eigenvalue weighted by Crippen LogP contribution is 2.28. The Hall–Kier alpha value is -1.46. The van der Waals surface area contributed by atoms with Crippen LogP contribution < -0.4 is 5.73 Å². The van der Waals surface area contributed by atoms with E-state index in [0.717, 1.165) is 17.0 Å². The third-order valence-electron chi connectivity index (χ3n) is 2.40. The Labute approximate surface area is 110 Å². The summed E-state index contributed by atoms with van der Waals surface area (Å²) in [5.41, 5.74) is 8.00. The van der Waals surface area contributed by atoms with Gasteiger partial charge in [-0.3, -0.25) is 0 Å². The molecule has 0 atom stereocenters. The molecule has 0 spiro atoms. The van der Waals surface area contributed by atoms with E-state index in [1.54, 1.807) is 6.07 Å². The molecule has 0 saturated heterocycles. The van der Waals surface area contributed by atoms with Crippen molar-refractivity contribution in [3.8, 4) is 0 Å². The van der Waals surface area contributed by atoms with Crippen LogP contribution in [0, 0.1) is 19.7 Å². The molecule has 0 radical (unpaired) electrons. The van der Waals surface area contributed by atoms with E-state index in [9.17, 15) is 4.39 Å². The Balaban J connectivity index is 2.28. The van der Waals surface area contributed by atoms with Gasteiger partial charge in [-0.25, -0.2) is 14.4 Å². The smallest absolute Gasteiger partial charge is 0.192 e. The van der Waals surface area contributed by atoms with Crippen molar-refractivity contribution in [2.45, 2.75) is 30.4 Å². The average Bonchev–Trinajstić information content (AvgIpc) is 2.30. The van der Waals surface area contributed by atoms with Crippen molar-refractivity contribution in [1.29, 1.82) is 0 Å². The zero-order valence-corrected chi connectivity index (χ0v) is 11.1. The van der Waals surface area contributed by atoms with Gasteiger partial charge in [-0.1, -0.05) is 6.07 Å². The molecule has 1 heterocycles. The highest BCUT2D eigenvalue weighted by molar-refractivity contribution is 7.99. The van der Waals surface area contributed by atoms with Gasteiger partial charge in [-0.15, -0.1) is 0 Å². The van der Waals surface area contributed by atoms with Gasteiger partial charge in [0.2, 0.25) is 0 Å². The van der Waals surface area contributed by atoms with E-state index in [0.29, 0.717) is 16.6 Å². The first-order valence-electron chi connectivity index (χ1n) is 5.57. The molecule has 3 nitrogen and oxygen atoms in total. The SMILES string of the molecule is Cc1cc(C)nc(Sc2ccc(CN)cc2F)n1. The lowest BCUT2D eigenvalue weighted by Gasteiger charge is -2.05. The number of hydrogen-bond donors (Lipinski definition) is 1. The first kappa shape index (κ1) is 13.0. The summed E-state index contributed by atoms with van der Waals surface area (Å²) in [4.78, 5) is 9.06. The van der Waals surface area contributed by atoms with E-state index in [4.69, 9.17) is 5.73 Å². The van der Waals surface area contributed by atoms with Crippen molar-refractivity contribution in [1.82, 2.24) is 9.97 Å². The Kier molecular flexibility index (Phi) is 3.93. The van der Waals surface area contributed by atoms with Crippen molar-refractivity contribution in [3.05, 3.63) is 47.0 Å². The number of rotatable bonds is 3. The van der Waals surface area contributed by atoms with Crippen LogP contribution in [0.4, 0.5) is 4.39 Å². The number of benzene rings is 1. The van der Waals surface area contributed by atoms with Gasteiger partial charge in [-0.05, 0) is 49.4 Å². The van der Waals surface area contributed by atoms with Crippen LogP contribution in [-0.2, 0) is 6.54 Å². The Morgan fingerprint density at radius 3 is 2.39 bits per heavy atom. The predicted molar refractivity (Wildman–Crippen MR) is 69.9 cm³/mol. The molecule has 0 unspecified atom stereocenters. The summed E-state index contributed by atoms with van der Waals surface area (Å²) in [7, 11) is 0. The maximum Gasteiger partial charge on any atom is 0.192 e. The Bertz CT molecular complexity index is 552. The van der Waals surface area contributed by atoms with Gasteiger partial charge >= 0.3 is 0 Å².